The summed E-state index contributed by atoms with van der Waals surface area (Å²) in [6.07, 6.45) is 2.35. The van der Waals surface area contributed by atoms with Crippen LogP contribution in [0.15, 0.2) is 35.2 Å². The second-order valence-electron chi connectivity index (χ2n) is 6.31. The highest BCUT2D eigenvalue weighted by Gasteiger charge is 2.44. The molecule has 25 heavy (non-hydrogen) atoms. The van der Waals surface area contributed by atoms with Crippen molar-refractivity contribution in [3.63, 3.8) is 0 Å². The summed E-state index contributed by atoms with van der Waals surface area (Å²) in [5, 5.41) is 0. The lowest BCUT2D eigenvalue weighted by Crippen LogP contribution is -2.47. The number of carbonyl (C=O) groups excluding carboxylic acids is 1. The summed E-state index contributed by atoms with van der Waals surface area (Å²) in [5.74, 6) is -0.220. The van der Waals surface area contributed by atoms with Crippen molar-refractivity contribution in [2.75, 3.05) is 33.4 Å². The molecule has 0 bridgehead atoms. The maximum Gasteiger partial charge on any atom is 0.312 e. The maximum absolute atomic E-state index is 12.7. The lowest BCUT2D eigenvalue weighted by molar-refractivity contribution is -0.158. The fraction of sp³-hybridized carbons (Fsp3) is 0.611. The van der Waals surface area contributed by atoms with Gasteiger partial charge in [-0.2, -0.15) is 4.31 Å². The molecule has 0 N–H and O–H groups in total. The van der Waals surface area contributed by atoms with Gasteiger partial charge in [0.2, 0.25) is 10.0 Å². The van der Waals surface area contributed by atoms with Crippen LogP contribution in [0.2, 0.25) is 0 Å². The van der Waals surface area contributed by atoms with E-state index in [4.69, 9.17) is 9.47 Å². The smallest absolute Gasteiger partial charge is 0.312 e. The molecule has 0 spiro atoms. The van der Waals surface area contributed by atoms with E-state index in [1.54, 1.807) is 44.4 Å². The van der Waals surface area contributed by atoms with Crippen LogP contribution in [-0.4, -0.2) is 52.1 Å². The number of esters is 1. The molecule has 1 heterocycles. The Morgan fingerprint density at radius 1 is 1.20 bits per heavy atom. The standard InChI is InChI=1S/C18H27NO5S/c1-3-24-17(20)18(10-7-15-23-2)11-13-19(14-12-18)25(21,22)16-8-5-4-6-9-16/h4-6,8-9H,3,7,10-15H2,1-2H3. The van der Waals surface area contributed by atoms with Crippen LogP contribution in [0.25, 0.3) is 0 Å². The van der Waals surface area contributed by atoms with Gasteiger partial charge in [0.15, 0.2) is 0 Å². The van der Waals surface area contributed by atoms with Gasteiger partial charge in [0, 0.05) is 26.8 Å². The highest BCUT2D eigenvalue weighted by Crippen LogP contribution is 2.39. The third-order valence-electron chi connectivity index (χ3n) is 4.77. The first-order valence-electron chi connectivity index (χ1n) is 8.67. The molecule has 0 atom stereocenters. The van der Waals surface area contributed by atoms with E-state index < -0.39 is 15.4 Å². The Morgan fingerprint density at radius 2 is 1.84 bits per heavy atom. The Balaban J connectivity index is 2.11. The third kappa shape index (κ3) is 4.59. The summed E-state index contributed by atoms with van der Waals surface area (Å²) >= 11 is 0. The second-order valence-corrected chi connectivity index (χ2v) is 8.25. The molecule has 140 valence electrons. The van der Waals surface area contributed by atoms with Crippen molar-refractivity contribution in [2.24, 2.45) is 5.41 Å². The Hall–Kier alpha value is -1.44. The zero-order valence-electron chi connectivity index (χ0n) is 14.9. The van der Waals surface area contributed by atoms with Crippen LogP contribution in [-0.2, 0) is 24.3 Å². The van der Waals surface area contributed by atoms with Crippen molar-refractivity contribution in [2.45, 2.75) is 37.5 Å². The molecule has 1 aliphatic rings. The molecule has 2 rings (SSSR count). The fourth-order valence-electron chi connectivity index (χ4n) is 3.29. The first-order valence-corrected chi connectivity index (χ1v) is 10.1. The molecule has 0 radical (unpaired) electrons. The lowest BCUT2D eigenvalue weighted by atomic mass is 9.75. The zero-order chi connectivity index (χ0) is 18.3. The molecule has 1 aromatic carbocycles. The molecule has 1 saturated heterocycles. The highest BCUT2D eigenvalue weighted by molar-refractivity contribution is 7.89. The number of piperidine rings is 1. The van der Waals surface area contributed by atoms with Gasteiger partial charge in [0.25, 0.3) is 0 Å². The second kappa shape index (κ2) is 8.78. The number of carbonyl (C=O) groups is 1. The van der Waals surface area contributed by atoms with Crippen LogP contribution in [0.3, 0.4) is 0 Å². The Labute approximate surface area is 150 Å². The van der Waals surface area contributed by atoms with E-state index in [-0.39, 0.29) is 10.9 Å². The average molecular weight is 369 g/mol. The SMILES string of the molecule is CCOC(=O)C1(CCCOC)CCN(S(=O)(=O)c2ccccc2)CC1. The average Bonchev–Trinajstić information content (AvgIpc) is 2.63. The van der Waals surface area contributed by atoms with Crippen LogP contribution in [0, 0.1) is 5.41 Å². The number of benzene rings is 1. The minimum absolute atomic E-state index is 0.220. The maximum atomic E-state index is 12.7. The predicted molar refractivity (Wildman–Crippen MR) is 94.6 cm³/mol. The van der Waals surface area contributed by atoms with Crippen molar-refractivity contribution in [3.8, 4) is 0 Å². The minimum atomic E-state index is -3.52. The van der Waals surface area contributed by atoms with Crippen LogP contribution < -0.4 is 0 Å². The molecule has 1 aromatic rings. The van der Waals surface area contributed by atoms with Gasteiger partial charge in [-0.15, -0.1) is 0 Å². The summed E-state index contributed by atoms with van der Waals surface area (Å²) < 4.78 is 37.3. The number of hydrogen-bond acceptors (Lipinski definition) is 5. The normalized spacial score (nSPS) is 18.0. The van der Waals surface area contributed by atoms with E-state index in [9.17, 15) is 13.2 Å². The van der Waals surface area contributed by atoms with Crippen molar-refractivity contribution in [1.29, 1.82) is 0 Å². The predicted octanol–water partition coefficient (Wildman–Crippen LogP) is 2.45. The van der Waals surface area contributed by atoms with Gasteiger partial charge in [-0.05, 0) is 44.7 Å². The first kappa shape index (κ1) is 19.9. The Morgan fingerprint density at radius 3 is 2.40 bits per heavy atom. The highest BCUT2D eigenvalue weighted by atomic mass is 32.2. The molecular weight excluding hydrogens is 342 g/mol. The van der Waals surface area contributed by atoms with E-state index in [1.807, 2.05) is 0 Å². The Kier molecular flexibility index (Phi) is 6.98. The molecule has 1 fully saturated rings. The molecule has 1 aliphatic heterocycles. The molecule has 0 aliphatic carbocycles. The van der Waals surface area contributed by atoms with Crippen LogP contribution in [0.4, 0.5) is 0 Å². The van der Waals surface area contributed by atoms with E-state index in [0.29, 0.717) is 45.6 Å². The molecule has 6 nitrogen and oxygen atoms in total. The Bertz CT molecular complexity index is 651. The zero-order valence-corrected chi connectivity index (χ0v) is 15.8. The van der Waals surface area contributed by atoms with Gasteiger partial charge in [-0.25, -0.2) is 8.42 Å². The topological polar surface area (TPSA) is 72.9 Å². The monoisotopic (exact) mass is 369 g/mol. The van der Waals surface area contributed by atoms with Crippen molar-refractivity contribution < 1.29 is 22.7 Å². The van der Waals surface area contributed by atoms with Gasteiger partial charge in [-0.1, -0.05) is 18.2 Å². The van der Waals surface area contributed by atoms with Crippen molar-refractivity contribution >= 4 is 16.0 Å². The summed E-state index contributed by atoms with van der Waals surface area (Å²) in [5.41, 5.74) is -0.614. The van der Waals surface area contributed by atoms with E-state index in [2.05, 4.69) is 0 Å². The molecular formula is C18H27NO5S. The first-order chi connectivity index (χ1) is 12.0. The lowest BCUT2D eigenvalue weighted by Gasteiger charge is -2.39. The number of hydrogen-bond donors (Lipinski definition) is 0. The van der Waals surface area contributed by atoms with Crippen LogP contribution in [0.1, 0.15) is 32.6 Å². The largest absolute Gasteiger partial charge is 0.466 e. The molecule has 0 amide bonds. The van der Waals surface area contributed by atoms with E-state index >= 15 is 0 Å². The van der Waals surface area contributed by atoms with Crippen molar-refractivity contribution in [1.82, 2.24) is 4.31 Å². The molecule has 0 aromatic heterocycles. The minimum Gasteiger partial charge on any atom is -0.466 e. The van der Waals surface area contributed by atoms with Crippen LogP contribution >= 0.6 is 0 Å². The number of ether oxygens (including phenoxy) is 2. The van der Waals surface area contributed by atoms with Gasteiger partial charge in [0.1, 0.15) is 0 Å². The van der Waals surface area contributed by atoms with Gasteiger partial charge in [0.05, 0.1) is 16.9 Å². The fourth-order valence-corrected chi connectivity index (χ4v) is 4.75. The van der Waals surface area contributed by atoms with Gasteiger partial charge >= 0.3 is 5.97 Å². The van der Waals surface area contributed by atoms with Gasteiger partial charge in [-0.3, -0.25) is 4.79 Å². The number of rotatable bonds is 8. The number of nitrogens with zero attached hydrogens (tertiary/aromatic N) is 1. The van der Waals surface area contributed by atoms with Crippen molar-refractivity contribution in [3.05, 3.63) is 30.3 Å². The third-order valence-corrected chi connectivity index (χ3v) is 6.69. The van der Waals surface area contributed by atoms with E-state index in [0.717, 1.165) is 6.42 Å². The van der Waals surface area contributed by atoms with Gasteiger partial charge < -0.3 is 9.47 Å². The molecule has 0 saturated carbocycles. The quantitative estimate of drug-likeness (QED) is 0.520. The number of methoxy groups -OCH3 is 1. The van der Waals surface area contributed by atoms with E-state index in [1.165, 1.54) is 4.31 Å². The summed E-state index contributed by atoms with van der Waals surface area (Å²) in [6.45, 7) is 3.34. The summed E-state index contributed by atoms with van der Waals surface area (Å²) in [4.78, 5) is 12.8. The summed E-state index contributed by atoms with van der Waals surface area (Å²) in [7, 11) is -1.89. The molecule has 7 heteroatoms. The summed E-state index contributed by atoms with van der Waals surface area (Å²) in [6, 6.07) is 8.41. The number of sulfonamides is 1. The van der Waals surface area contributed by atoms with Crippen LogP contribution in [0.5, 0.6) is 0 Å². The molecule has 0 unspecified atom stereocenters.